The molecule has 0 radical (unpaired) electrons. The first-order chi connectivity index (χ1) is 9.07. The van der Waals surface area contributed by atoms with E-state index < -0.39 is 15.6 Å². The first-order valence-electron chi connectivity index (χ1n) is 7.02. The van der Waals surface area contributed by atoms with Crippen LogP contribution in [0, 0.1) is 0 Å². The van der Waals surface area contributed by atoms with Crippen LogP contribution in [0.1, 0.15) is 53.3 Å². The normalized spacial score (nSPS) is 13.2. The average Bonchev–Trinajstić information content (AvgIpc) is 2.67. The zero-order valence-corrected chi connectivity index (χ0v) is 14.1. The third kappa shape index (κ3) is 4.61. The van der Waals surface area contributed by atoms with Gasteiger partial charge in [-0.15, -0.1) is 0 Å². The largest absolute Gasteiger partial charge is 0.346 e. The molecule has 0 aliphatic rings. The maximum absolute atomic E-state index is 12.4. The summed E-state index contributed by atoms with van der Waals surface area (Å²) < 4.78 is 29.4. The number of sulfonamides is 1. The summed E-state index contributed by atoms with van der Waals surface area (Å²) in [5.41, 5.74) is 0.497. The molecule has 0 atom stereocenters. The molecule has 0 aromatic carbocycles. The number of aromatic nitrogens is 1. The number of hydrogen-bond donors (Lipinski definition) is 2. The highest BCUT2D eigenvalue weighted by Crippen LogP contribution is 2.20. The molecule has 0 unspecified atom stereocenters. The van der Waals surface area contributed by atoms with Crippen LogP contribution in [0.2, 0.25) is 0 Å². The molecule has 1 aromatic heterocycles. The molecule has 0 saturated heterocycles. The minimum absolute atomic E-state index is 0.224. The van der Waals surface area contributed by atoms with Crippen molar-refractivity contribution < 1.29 is 8.42 Å². The van der Waals surface area contributed by atoms with Crippen LogP contribution < -0.4 is 10.0 Å². The highest BCUT2D eigenvalue weighted by atomic mass is 32.2. The molecule has 20 heavy (non-hydrogen) atoms. The van der Waals surface area contributed by atoms with E-state index in [0.717, 1.165) is 12.2 Å². The maximum Gasteiger partial charge on any atom is 0.242 e. The van der Waals surface area contributed by atoms with E-state index in [0.29, 0.717) is 11.4 Å². The smallest absolute Gasteiger partial charge is 0.242 e. The second kappa shape index (κ2) is 6.28. The quantitative estimate of drug-likeness (QED) is 0.847. The second-order valence-electron chi connectivity index (χ2n) is 6.30. The lowest BCUT2D eigenvalue weighted by molar-refractivity contribution is 0.491. The van der Waals surface area contributed by atoms with Crippen LogP contribution in [0.3, 0.4) is 0 Å². The van der Waals surface area contributed by atoms with Crippen molar-refractivity contribution in [2.24, 2.45) is 0 Å². The fourth-order valence-electron chi connectivity index (χ4n) is 1.98. The van der Waals surface area contributed by atoms with E-state index in [1.807, 2.05) is 46.1 Å². The van der Waals surface area contributed by atoms with Crippen molar-refractivity contribution in [3.05, 3.63) is 18.0 Å². The van der Waals surface area contributed by atoms with Crippen LogP contribution in [0.4, 0.5) is 0 Å². The van der Waals surface area contributed by atoms with Crippen molar-refractivity contribution in [2.45, 2.75) is 64.6 Å². The van der Waals surface area contributed by atoms with Gasteiger partial charge in [0.1, 0.15) is 0 Å². The van der Waals surface area contributed by atoms with Gasteiger partial charge in [0.2, 0.25) is 10.0 Å². The topological polar surface area (TPSA) is 63.1 Å². The Balaban J connectivity index is 3.13. The molecule has 0 aliphatic heterocycles. The van der Waals surface area contributed by atoms with Gasteiger partial charge in [0.25, 0.3) is 0 Å². The molecular weight excluding hydrogens is 274 g/mol. The first-order valence-corrected chi connectivity index (χ1v) is 8.50. The van der Waals surface area contributed by atoms with Crippen LogP contribution in [0.25, 0.3) is 0 Å². The molecule has 5 nitrogen and oxygen atoms in total. The fraction of sp³-hybridized carbons (Fsp3) is 0.714. The van der Waals surface area contributed by atoms with Crippen molar-refractivity contribution in [1.29, 1.82) is 0 Å². The van der Waals surface area contributed by atoms with E-state index in [4.69, 9.17) is 0 Å². The van der Waals surface area contributed by atoms with Gasteiger partial charge in [-0.25, -0.2) is 13.1 Å². The van der Waals surface area contributed by atoms with Crippen LogP contribution >= 0.6 is 0 Å². The summed E-state index contributed by atoms with van der Waals surface area (Å²) in [6.07, 6.45) is 1.71. The first kappa shape index (κ1) is 17.2. The van der Waals surface area contributed by atoms with Crippen LogP contribution in [-0.4, -0.2) is 25.1 Å². The Labute approximate surface area is 122 Å². The second-order valence-corrected chi connectivity index (χ2v) is 7.99. The number of nitrogens with zero attached hydrogens (tertiary/aromatic N) is 1. The monoisotopic (exact) mass is 301 g/mol. The molecular formula is C14H27N3O2S. The standard InChI is InChI=1S/C14H27N3O2S/c1-7-15-9-12-8-13(10-17(12)11(2)3)20(18,19)16-14(4,5)6/h8,10-11,15-16H,7,9H2,1-6H3. The van der Waals surface area contributed by atoms with Crippen molar-refractivity contribution in [2.75, 3.05) is 6.54 Å². The van der Waals surface area contributed by atoms with Gasteiger partial charge in [0.15, 0.2) is 0 Å². The molecule has 116 valence electrons. The molecule has 2 N–H and O–H groups in total. The number of hydrogen-bond acceptors (Lipinski definition) is 3. The van der Waals surface area contributed by atoms with Gasteiger partial charge in [0, 0.05) is 30.0 Å². The fourth-order valence-corrected chi connectivity index (χ4v) is 3.45. The summed E-state index contributed by atoms with van der Waals surface area (Å²) in [4.78, 5) is 0.328. The van der Waals surface area contributed by atoms with E-state index in [2.05, 4.69) is 10.0 Å². The predicted octanol–water partition coefficient (Wildman–Crippen LogP) is 2.26. The summed E-state index contributed by atoms with van der Waals surface area (Å²) in [5, 5.41) is 3.24. The van der Waals surface area contributed by atoms with Gasteiger partial charge < -0.3 is 9.88 Å². The summed E-state index contributed by atoms with van der Waals surface area (Å²) in [6.45, 7) is 13.1. The molecule has 6 heteroatoms. The van der Waals surface area contributed by atoms with Gasteiger partial charge in [-0.05, 0) is 47.2 Å². The summed E-state index contributed by atoms with van der Waals surface area (Å²) >= 11 is 0. The van der Waals surface area contributed by atoms with Gasteiger partial charge >= 0.3 is 0 Å². The molecule has 1 rings (SSSR count). The zero-order valence-electron chi connectivity index (χ0n) is 13.3. The van der Waals surface area contributed by atoms with E-state index in [9.17, 15) is 8.42 Å². The molecule has 0 bridgehead atoms. The Hall–Kier alpha value is -0.850. The molecule has 0 saturated carbocycles. The Morgan fingerprint density at radius 1 is 1.30 bits per heavy atom. The molecule has 1 heterocycles. The summed E-state index contributed by atoms with van der Waals surface area (Å²) in [5.74, 6) is 0. The number of rotatable bonds is 6. The lowest BCUT2D eigenvalue weighted by Gasteiger charge is -2.19. The summed E-state index contributed by atoms with van der Waals surface area (Å²) in [7, 11) is -3.48. The van der Waals surface area contributed by atoms with Gasteiger partial charge in [-0.3, -0.25) is 0 Å². The third-order valence-corrected chi connectivity index (χ3v) is 4.50. The molecule has 0 spiro atoms. The lowest BCUT2D eigenvalue weighted by Crippen LogP contribution is -2.40. The van der Waals surface area contributed by atoms with Gasteiger partial charge in [-0.2, -0.15) is 0 Å². The van der Waals surface area contributed by atoms with E-state index in [-0.39, 0.29) is 6.04 Å². The molecule has 0 aliphatic carbocycles. The van der Waals surface area contributed by atoms with Crippen molar-refractivity contribution >= 4 is 10.0 Å². The Morgan fingerprint density at radius 2 is 1.90 bits per heavy atom. The van der Waals surface area contributed by atoms with Crippen LogP contribution in [0.5, 0.6) is 0 Å². The minimum Gasteiger partial charge on any atom is -0.346 e. The summed E-state index contributed by atoms with van der Waals surface area (Å²) in [6, 6.07) is 1.97. The van der Waals surface area contributed by atoms with Gasteiger partial charge in [0.05, 0.1) is 4.90 Å². The SMILES string of the molecule is CCNCc1cc(S(=O)(=O)NC(C)(C)C)cn1C(C)C. The lowest BCUT2D eigenvalue weighted by atomic mass is 10.1. The van der Waals surface area contributed by atoms with Gasteiger partial charge in [-0.1, -0.05) is 6.92 Å². The van der Waals surface area contributed by atoms with E-state index in [1.165, 1.54) is 0 Å². The zero-order chi connectivity index (χ0) is 15.6. The highest BCUT2D eigenvalue weighted by molar-refractivity contribution is 7.89. The Morgan fingerprint density at radius 3 is 2.35 bits per heavy atom. The van der Waals surface area contributed by atoms with Crippen molar-refractivity contribution in [3.8, 4) is 0 Å². The van der Waals surface area contributed by atoms with Crippen molar-refractivity contribution in [3.63, 3.8) is 0 Å². The minimum atomic E-state index is -3.48. The van der Waals surface area contributed by atoms with E-state index >= 15 is 0 Å². The highest BCUT2D eigenvalue weighted by Gasteiger charge is 2.24. The molecule has 1 aromatic rings. The Kier molecular flexibility index (Phi) is 5.40. The molecule has 0 amide bonds. The van der Waals surface area contributed by atoms with Crippen molar-refractivity contribution in [1.82, 2.24) is 14.6 Å². The van der Waals surface area contributed by atoms with Crippen LogP contribution in [0.15, 0.2) is 17.2 Å². The molecule has 0 fully saturated rings. The Bertz CT molecular complexity index is 539. The maximum atomic E-state index is 12.4. The number of nitrogens with one attached hydrogen (secondary N) is 2. The predicted molar refractivity (Wildman–Crippen MR) is 82.3 cm³/mol. The van der Waals surface area contributed by atoms with Crippen LogP contribution in [-0.2, 0) is 16.6 Å². The third-order valence-electron chi connectivity index (χ3n) is 2.77. The van der Waals surface area contributed by atoms with E-state index in [1.54, 1.807) is 12.3 Å². The average molecular weight is 301 g/mol.